The molecule has 4 N–H and O–H groups in total. The lowest BCUT2D eigenvalue weighted by Gasteiger charge is -2.48. The van der Waals surface area contributed by atoms with Gasteiger partial charge in [0.15, 0.2) is 30.9 Å². The summed E-state index contributed by atoms with van der Waals surface area (Å²) in [7, 11) is 0. The van der Waals surface area contributed by atoms with Crippen molar-refractivity contribution in [3.8, 4) is 0 Å². The normalized spacial score (nSPS) is 26.7. The van der Waals surface area contributed by atoms with Crippen molar-refractivity contribution in [2.75, 3.05) is 13.2 Å². The van der Waals surface area contributed by atoms with Crippen molar-refractivity contribution in [1.29, 1.82) is 0 Å². The van der Waals surface area contributed by atoms with E-state index >= 15 is 0 Å². The summed E-state index contributed by atoms with van der Waals surface area (Å²) < 4.78 is 41.7. The van der Waals surface area contributed by atoms with Crippen LogP contribution in [0.4, 0.5) is 0 Å². The number of nitrogens with one attached hydrogen (secondary N) is 1. The van der Waals surface area contributed by atoms with Gasteiger partial charge >= 0.3 is 23.9 Å². The summed E-state index contributed by atoms with van der Waals surface area (Å²) in [5, 5.41) is 34.7. The fraction of sp³-hybridized carbons (Fsp3) is 0.310. The monoisotopic (exact) mass is 799 g/mol. The number of hydrogen-bond acceptors (Lipinski definition) is 15. The fourth-order valence-electron chi connectivity index (χ4n) is 6.43. The van der Waals surface area contributed by atoms with Crippen LogP contribution in [0.15, 0.2) is 121 Å². The van der Waals surface area contributed by atoms with Crippen LogP contribution in [0.2, 0.25) is 0 Å². The van der Waals surface area contributed by atoms with Crippen molar-refractivity contribution < 1.29 is 72.5 Å². The van der Waals surface area contributed by atoms with Crippen LogP contribution in [0.3, 0.4) is 0 Å². The maximum Gasteiger partial charge on any atom is 0.338 e. The Labute approximate surface area is 332 Å². The molecule has 10 atom stereocenters. The minimum atomic E-state index is -1.89. The molecule has 0 bridgehead atoms. The lowest BCUT2D eigenvalue weighted by molar-refractivity contribution is -0.339. The Kier molecular flexibility index (Phi) is 13.9. The molecule has 0 aromatic heterocycles. The predicted molar refractivity (Wildman–Crippen MR) is 199 cm³/mol. The van der Waals surface area contributed by atoms with E-state index in [0.29, 0.717) is 0 Å². The van der Waals surface area contributed by atoms with E-state index in [0.717, 1.165) is 6.92 Å². The van der Waals surface area contributed by atoms with Gasteiger partial charge in [0.1, 0.15) is 37.1 Å². The highest BCUT2D eigenvalue weighted by Gasteiger charge is 2.56. The topological polar surface area (TPSA) is 223 Å². The van der Waals surface area contributed by atoms with Gasteiger partial charge in [-0.15, -0.1) is 0 Å². The highest BCUT2D eigenvalue weighted by molar-refractivity contribution is 5.91. The van der Waals surface area contributed by atoms with Crippen molar-refractivity contribution in [2.45, 2.75) is 68.3 Å². The van der Waals surface area contributed by atoms with E-state index in [-0.39, 0.29) is 22.3 Å². The Morgan fingerprint density at radius 1 is 0.569 bits per heavy atom. The van der Waals surface area contributed by atoms with Crippen LogP contribution in [-0.4, -0.2) is 120 Å². The van der Waals surface area contributed by atoms with Crippen LogP contribution in [0.5, 0.6) is 0 Å². The molecule has 4 aromatic carbocycles. The van der Waals surface area contributed by atoms with Crippen molar-refractivity contribution in [2.24, 2.45) is 0 Å². The van der Waals surface area contributed by atoms with Gasteiger partial charge in [0, 0.05) is 6.92 Å². The summed E-state index contributed by atoms with van der Waals surface area (Å²) in [6.07, 6.45) is -15.4. The molecule has 0 radical (unpaired) electrons. The molecule has 2 saturated heterocycles. The third-order valence-electron chi connectivity index (χ3n) is 9.27. The maximum absolute atomic E-state index is 13.9. The van der Waals surface area contributed by atoms with Gasteiger partial charge in [-0.3, -0.25) is 4.79 Å². The fourth-order valence-corrected chi connectivity index (χ4v) is 6.43. The Balaban J connectivity index is 1.46. The lowest BCUT2D eigenvalue weighted by atomic mass is 9.95. The molecule has 1 amide bonds. The summed E-state index contributed by atoms with van der Waals surface area (Å²) in [6.45, 7) is -0.320. The second-order valence-electron chi connectivity index (χ2n) is 13.3. The molecule has 0 aliphatic carbocycles. The van der Waals surface area contributed by atoms with Crippen molar-refractivity contribution in [3.05, 3.63) is 144 Å². The average molecular weight is 800 g/mol. The Bertz CT molecular complexity index is 2000. The average Bonchev–Trinajstić information content (AvgIpc) is 3.25. The number of aliphatic hydroxyl groups excluding tert-OH is 3. The van der Waals surface area contributed by atoms with Crippen molar-refractivity contribution >= 4 is 29.8 Å². The Hall–Kier alpha value is -6.01. The molecular weight excluding hydrogens is 758 g/mol. The van der Waals surface area contributed by atoms with Crippen LogP contribution in [0.1, 0.15) is 48.4 Å². The molecule has 0 saturated carbocycles. The molecule has 6 rings (SSSR count). The minimum Gasteiger partial charge on any atom is -0.459 e. The number of carbonyl (C=O) groups is 5. The summed E-state index contributed by atoms with van der Waals surface area (Å²) in [4.78, 5) is 67.0. The molecule has 16 heteroatoms. The first-order valence-corrected chi connectivity index (χ1v) is 18.2. The third kappa shape index (κ3) is 10.1. The summed E-state index contributed by atoms with van der Waals surface area (Å²) in [6, 6.07) is 29.7. The molecular formula is C42H41NO15. The number of aliphatic hydroxyl groups is 3. The number of carbonyl (C=O) groups excluding carboxylic acids is 5. The van der Waals surface area contributed by atoms with Gasteiger partial charge in [-0.05, 0) is 48.5 Å². The van der Waals surface area contributed by atoms with Gasteiger partial charge in [-0.25, -0.2) is 19.2 Å². The lowest BCUT2D eigenvalue weighted by Crippen LogP contribution is -2.68. The quantitative estimate of drug-likeness (QED) is 0.112. The summed E-state index contributed by atoms with van der Waals surface area (Å²) in [5.41, 5.74) is 0.348. The van der Waals surface area contributed by atoms with E-state index in [2.05, 4.69) is 5.32 Å². The highest BCUT2D eigenvalue weighted by atomic mass is 16.7. The first kappa shape index (κ1) is 41.6. The first-order valence-electron chi connectivity index (χ1n) is 18.2. The zero-order valence-electron chi connectivity index (χ0n) is 31.0. The van der Waals surface area contributed by atoms with E-state index in [1.807, 2.05) is 0 Å². The van der Waals surface area contributed by atoms with Crippen LogP contribution >= 0.6 is 0 Å². The molecule has 0 spiro atoms. The summed E-state index contributed by atoms with van der Waals surface area (Å²) in [5.74, 6) is -4.30. The number of rotatable bonds is 13. The van der Waals surface area contributed by atoms with Gasteiger partial charge in [0.2, 0.25) is 5.91 Å². The number of amides is 1. The third-order valence-corrected chi connectivity index (χ3v) is 9.27. The molecule has 304 valence electrons. The van der Waals surface area contributed by atoms with Gasteiger partial charge in [-0.1, -0.05) is 72.8 Å². The first-order chi connectivity index (χ1) is 28.0. The predicted octanol–water partition coefficient (Wildman–Crippen LogP) is 2.21. The molecule has 58 heavy (non-hydrogen) atoms. The van der Waals surface area contributed by atoms with Crippen molar-refractivity contribution in [3.63, 3.8) is 0 Å². The van der Waals surface area contributed by atoms with Crippen LogP contribution in [0.25, 0.3) is 0 Å². The standard InChI is InChI=1S/C42H41NO15/c1-24(45)43-31-34(32(46)29(22-44)53-41(31)51)58-42-36(57-40(50)28-20-12-5-13-21-28)35(56-39(49)27-18-10-4-11-19-27)33(55-38(48)26-16-8-3-9-17-26)30(54-42)23-52-37(47)25-14-6-2-7-15-25/h2-21,29-36,41-42,44,46,51H,22-23H2,1H3,(H,43,45)/t29-,30-,31-,32+,33+,34-,35+,36-,41+,42+/m1/s1. The summed E-state index contributed by atoms with van der Waals surface area (Å²) >= 11 is 0. The molecule has 2 fully saturated rings. The Morgan fingerprint density at radius 3 is 1.45 bits per heavy atom. The zero-order chi connectivity index (χ0) is 41.2. The van der Waals surface area contributed by atoms with Crippen LogP contribution < -0.4 is 5.32 Å². The largest absolute Gasteiger partial charge is 0.459 e. The van der Waals surface area contributed by atoms with E-state index in [4.69, 9.17) is 33.2 Å². The molecule has 2 aliphatic rings. The smallest absolute Gasteiger partial charge is 0.338 e. The highest BCUT2D eigenvalue weighted by Crippen LogP contribution is 2.34. The minimum absolute atomic E-state index is 0.0455. The van der Waals surface area contributed by atoms with E-state index in [9.17, 15) is 39.3 Å². The molecule has 4 aromatic rings. The van der Waals surface area contributed by atoms with E-state index in [1.54, 1.807) is 72.8 Å². The molecule has 16 nitrogen and oxygen atoms in total. The van der Waals surface area contributed by atoms with Gasteiger partial charge < -0.3 is 53.8 Å². The van der Waals surface area contributed by atoms with Crippen LogP contribution in [0, 0.1) is 0 Å². The van der Waals surface area contributed by atoms with Gasteiger partial charge in [0.05, 0.1) is 28.9 Å². The molecule has 2 heterocycles. The molecule has 2 aliphatic heterocycles. The van der Waals surface area contributed by atoms with Gasteiger partial charge in [0.25, 0.3) is 0 Å². The second-order valence-corrected chi connectivity index (χ2v) is 13.3. The number of esters is 4. The number of hydrogen-bond donors (Lipinski definition) is 4. The van der Waals surface area contributed by atoms with E-state index in [1.165, 1.54) is 48.5 Å². The molecule has 0 unspecified atom stereocenters. The number of benzene rings is 4. The van der Waals surface area contributed by atoms with Gasteiger partial charge in [-0.2, -0.15) is 0 Å². The van der Waals surface area contributed by atoms with E-state index < -0.39 is 104 Å². The second kappa shape index (κ2) is 19.4. The van der Waals surface area contributed by atoms with Crippen LogP contribution in [-0.2, 0) is 38.0 Å². The SMILES string of the molecule is CC(=O)N[C@@H]1[C@@H](O[C@@H]2O[C@H](COC(=O)c3ccccc3)[C@H](OC(=O)c3ccccc3)[C@H](OC(=O)c3ccccc3)[C@H]2OC(=O)c2ccccc2)[C@@H](O)[C@@H](CO)O[C@@H]1O. The maximum atomic E-state index is 13.9. The number of ether oxygens (including phenoxy) is 7. The Morgan fingerprint density at radius 2 is 1.00 bits per heavy atom. The zero-order valence-corrected chi connectivity index (χ0v) is 31.0. The van der Waals surface area contributed by atoms with Crippen molar-refractivity contribution in [1.82, 2.24) is 5.32 Å².